The van der Waals surface area contributed by atoms with Crippen LogP contribution in [0.5, 0.6) is 0 Å². The Hall–Kier alpha value is -1.23. The quantitative estimate of drug-likeness (QED) is 0.913. The van der Waals surface area contributed by atoms with Gasteiger partial charge in [0.15, 0.2) is 0 Å². The van der Waals surface area contributed by atoms with Crippen LogP contribution >= 0.6 is 0 Å². The number of fused-ring (bicyclic) bond motifs is 1. The van der Waals surface area contributed by atoms with E-state index in [1.54, 1.807) is 0 Å². The van der Waals surface area contributed by atoms with E-state index < -0.39 is 12.6 Å². The van der Waals surface area contributed by atoms with E-state index in [4.69, 9.17) is 0 Å². The summed E-state index contributed by atoms with van der Waals surface area (Å²) < 4.78 is 37.5. The minimum atomic E-state index is -4.11. The molecule has 112 valence electrons. The third-order valence-electron chi connectivity index (χ3n) is 3.77. The molecule has 1 aromatic rings. The van der Waals surface area contributed by atoms with Gasteiger partial charge in [-0.2, -0.15) is 13.2 Å². The van der Waals surface area contributed by atoms with Crippen molar-refractivity contribution in [3.05, 3.63) is 29.8 Å². The summed E-state index contributed by atoms with van der Waals surface area (Å²) in [5.74, 6) is 0.387. The van der Waals surface area contributed by atoms with Crippen LogP contribution in [0.2, 0.25) is 0 Å². The molecule has 1 unspecified atom stereocenters. The summed E-state index contributed by atoms with van der Waals surface area (Å²) in [7, 11) is 0. The number of nitrogens with zero attached hydrogens (tertiary/aromatic N) is 1. The fourth-order valence-corrected chi connectivity index (χ4v) is 2.53. The van der Waals surface area contributed by atoms with Gasteiger partial charge in [-0.15, -0.1) is 0 Å². The van der Waals surface area contributed by atoms with Gasteiger partial charge < -0.3 is 10.2 Å². The zero-order valence-corrected chi connectivity index (χ0v) is 11.9. The first-order chi connectivity index (χ1) is 9.37. The zero-order chi connectivity index (χ0) is 14.8. The molecule has 0 aromatic heterocycles. The highest BCUT2D eigenvalue weighted by molar-refractivity contribution is 5.54. The summed E-state index contributed by atoms with van der Waals surface area (Å²) >= 11 is 0. The van der Waals surface area contributed by atoms with Gasteiger partial charge in [0.1, 0.15) is 0 Å². The van der Waals surface area contributed by atoms with E-state index in [2.05, 4.69) is 19.2 Å². The Morgan fingerprint density at radius 1 is 1.30 bits per heavy atom. The normalized spacial score (nSPS) is 19.9. The van der Waals surface area contributed by atoms with Crippen molar-refractivity contribution >= 4 is 5.69 Å². The Kier molecular flexibility index (Phi) is 4.58. The Morgan fingerprint density at radius 3 is 2.65 bits per heavy atom. The molecule has 1 heterocycles. The summed E-state index contributed by atoms with van der Waals surface area (Å²) in [5, 5.41) is 3.44. The molecule has 0 amide bonds. The molecular formula is C15H21F3N2. The van der Waals surface area contributed by atoms with E-state index in [0.717, 1.165) is 11.3 Å². The first-order valence-electron chi connectivity index (χ1n) is 7.00. The number of halogens is 3. The van der Waals surface area contributed by atoms with Gasteiger partial charge in [-0.25, -0.2) is 0 Å². The predicted octanol–water partition coefficient (Wildman–Crippen LogP) is 3.57. The first-order valence-corrected chi connectivity index (χ1v) is 7.00. The lowest BCUT2D eigenvalue weighted by atomic mass is 10.0. The molecule has 0 spiro atoms. The maximum absolute atomic E-state index is 12.5. The topological polar surface area (TPSA) is 15.3 Å². The van der Waals surface area contributed by atoms with E-state index in [1.165, 1.54) is 0 Å². The van der Waals surface area contributed by atoms with Gasteiger partial charge in [0, 0.05) is 31.4 Å². The van der Waals surface area contributed by atoms with Crippen molar-refractivity contribution in [3.8, 4) is 0 Å². The Balaban J connectivity index is 2.19. The molecular weight excluding hydrogens is 265 g/mol. The number of para-hydroxylation sites is 1. The fraction of sp³-hybridized carbons (Fsp3) is 0.600. The lowest BCUT2D eigenvalue weighted by Gasteiger charge is -2.29. The van der Waals surface area contributed by atoms with Crippen molar-refractivity contribution in [2.45, 2.75) is 39.0 Å². The van der Waals surface area contributed by atoms with E-state index in [1.807, 2.05) is 29.2 Å². The van der Waals surface area contributed by atoms with Crippen LogP contribution in [-0.4, -0.2) is 25.3 Å². The summed E-state index contributed by atoms with van der Waals surface area (Å²) in [5.41, 5.74) is 1.99. The molecule has 1 aliphatic rings. The van der Waals surface area contributed by atoms with Crippen LogP contribution in [0.4, 0.5) is 18.9 Å². The number of alkyl halides is 3. The third-order valence-corrected chi connectivity index (χ3v) is 3.77. The molecule has 20 heavy (non-hydrogen) atoms. The Labute approximate surface area is 118 Å². The van der Waals surface area contributed by atoms with Crippen LogP contribution in [-0.2, 0) is 6.54 Å². The lowest BCUT2D eigenvalue weighted by molar-refractivity contribution is -0.132. The minimum Gasteiger partial charge on any atom is -0.369 e. The van der Waals surface area contributed by atoms with Gasteiger partial charge in [-0.05, 0) is 17.5 Å². The molecule has 0 bridgehead atoms. The number of anilines is 1. The molecule has 0 saturated heterocycles. The van der Waals surface area contributed by atoms with Crippen LogP contribution in [0.1, 0.15) is 25.8 Å². The summed E-state index contributed by atoms with van der Waals surface area (Å²) in [6.45, 7) is 5.53. The molecule has 2 rings (SSSR count). The highest BCUT2D eigenvalue weighted by Gasteiger charge is 2.30. The average Bonchev–Trinajstić information content (AvgIpc) is 2.55. The van der Waals surface area contributed by atoms with Gasteiger partial charge in [-0.1, -0.05) is 32.0 Å². The van der Waals surface area contributed by atoms with Crippen LogP contribution in [0.25, 0.3) is 0 Å². The molecule has 5 heteroatoms. The van der Waals surface area contributed by atoms with Crippen LogP contribution in [0.15, 0.2) is 24.3 Å². The smallest absolute Gasteiger partial charge is 0.369 e. The lowest BCUT2D eigenvalue weighted by Crippen LogP contribution is -2.42. The van der Waals surface area contributed by atoms with Crippen molar-refractivity contribution < 1.29 is 13.2 Å². The molecule has 0 aliphatic carbocycles. The Bertz CT molecular complexity index is 443. The molecule has 0 saturated carbocycles. The van der Waals surface area contributed by atoms with E-state index in [0.29, 0.717) is 19.0 Å². The van der Waals surface area contributed by atoms with Crippen molar-refractivity contribution in [1.29, 1.82) is 0 Å². The fourth-order valence-electron chi connectivity index (χ4n) is 2.53. The maximum atomic E-state index is 12.5. The van der Waals surface area contributed by atoms with Gasteiger partial charge in [0.05, 0.1) is 6.42 Å². The molecule has 2 nitrogen and oxygen atoms in total. The second-order valence-corrected chi connectivity index (χ2v) is 5.67. The molecule has 0 radical (unpaired) electrons. The predicted molar refractivity (Wildman–Crippen MR) is 74.8 cm³/mol. The second kappa shape index (κ2) is 6.04. The number of nitrogens with one attached hydrogen (secondary N) is 1. The molecule has 0 fully saturated rings. The van der Waals surface area contributed by atoms with Gasteiger partial charge >= 0.3 is 6.18 Å². The summed E-state index contributed by atoms with van der Waals surface area (Å²) in [6.07, 6.45) is -4.88. The zero-order valence-electron chi connectivity index (χ0n) is 11.9. The van der Waals surface area contributed by atoms with Crippen molar-refractivity contribution in [2.75, 3.05) is 18.0 Å². The summed E-state index contributed by atoms with van der Waals surface area (Å²) in [4.78, 5) is 1.87. The molecule has 1 atom stereocenters. The van der Waals surface area contributed by atoms with Gasteiger partial charge in [0.2, 0.25) is 0 Å². The standard InChI is InChI=1S/C15H21F3N2/c1-11(2)13-10-20(8-7-15(16,17)18)14-6-4-3-5-12(14)9-19-13/h3-6,11,13,19H,7-10H2,1-2H3. The maximum Gasteiger partial charge on any atom is 0.390 e. The number of hydrogen-bond acceptors (Lipinski definition) is 2. The van der Waals surface area contributed by atoms with E-state index in [9.17, 15) is 13.2 Å². The van der Waals surface area contributed by atoms with E-state index >= 15 is 0 Å². The molecule has 1 aliphatic heterocycles. The van der Waals surface area contributed by atoms with Gasteiger partial charge in [-0.3, -0.25) is 0 Å². The van der Waals surface area contributed by atoms with Gasteiger partial charge in [0.25, 0.3) is 0 Å². The average molecular weight is 286 g/mol. The third kappa shape index (κ3) is 3.88. The Morgan fingerprint density at radius 2 is 2.00 bits per heavy atom. The van der Waals surface area contributed by atoms with E-state index in [-0.39, 0.29) is 12.6 Å². The monoisotopic (exact) mass is 286 g/mol. The van der Waals surface area contributed by atoms with Crippen molar-refractivity contribution in [1.82, 2.24) is 5.32 Å². The van der Waals surface area contributed by atoms with Crippen molar-refractivity contribution in [2.24, 2.45) is 5.92 Å². The minimum absolute atomic E-state index is 0.0193. The van der Waals surface area contributed by atoms with Crippen LogP contribution < -0.4 is 10.2 Å². The number of rotatable bonds is 3. The number of benzene rings is 1. The molecule has 1 aromatic carbocycles. The van der Waals surface area contributed by atoms with Crippen LogP contribution in [0, 0.1) is 5.92 Å². The molecule has 1 N–H and O–H groups in total. The number of hydrogen-bond donors (Lipinski definition) is 1. The largest absolute Gasteiger partial charge is 0.390 e. The highest BCUT2D eigenvalue weighted by atomic mass is 19.4. The summed E-state index contributed by atoms with van der Waals surface area (Å²) in [6, 6.07) is 7.91. The first kappa shape index (κ1) is 15.2. The highest BCUT2D eigenvalue weighted by Crippen LogP contribution is 2.27. The second-order valence-electron chi connectivity index (χ2n) is 5.67. The van der Waals surface area contributed by atoms with Crippen LogP contribution in [0.3, 0.4) is 0 Å². The van der Waals surface area contributed by atoms with Crippen molar-refractivity contribution in [3.63, 3.8) is 0 Å². The SMILES string of the molecule is CC(C)C1CN(CCC(F)(F)F)c2ccccc2CN1.